The lowest BCUT2D eigenvalue weighted by atomic mass is 10.0. The summed E-state index contributed by atoms with van der Waals surface area (Å²) in [6.45, 7) is 8.12. The average Bonchev–Trinajstić information content (AvgIpc) is 3.17. The number of carbonyl (C=O) groups is 2. The summed E-state index contributed by atoms with van der Waals surface area (Å²) in [6, 6.07) is 11.4. The molecule has 0 atom stereocenters. The van der Waals surface area contributed by atoms with E-state index >= 15 is 0 Å². The zero-order valence-corrected chi connectivity index (χ0v) is 22.1. The van der Waals surface area contributed by atoms with Crippen LogP contribution in [0.3, 0.4) is 0 Å². The third-order valence-corrected chi connectivity index (χ3v) is 6.82. The number of aromatic nitrogens is 3. The predicted octanol–water partition coefficient (Wildman–Crippen LogP) is 4.63. The first-order chi connectivity index (χ1) is 16.7. The smallest absolute Gasteiger partial charge is 0.258 e. The van der Waals surface area contributed by atoms with Crippen molar-refractivity contribution in [2.45, 2.75) is 45.3 Å². The minimum atomic E-state index is -0.255. The minimum Gasteiger partial charge on any atom is -0.483 e. The average molecular weight is 516 g/mol. The number of carbonyl (C=O) groups excluding carboxylic acids is 2. The van der Waals surface area contributed by atoms with Gasteiger partial charge in [-0.15, -0.1) is 10.2 Å². The number of nitrogens with zero attached hydrogens (tertiary/aromatic N) is 3. The molecule has 35 heavy (non-hydrogen) atoms. The van der Waals surface area contributed by atoms with E-state index in [0.29, 0.717) is 27.6 Å². The standard InChI is InChI=1S/C25H30ClN5O3S/c1-15(2)18-10-9-16(3)11-21(18)34-13-23(32)27-12-22-29-30-25(31(22)5)35-14-24(33)28-20-8-6-7-19(26)17(20)4/h6-11,15H,12-14H2,1-5H3,(H,27,32)(H,28,33). The van der Waals surface area contributed by atoms with Crippen molar-refractivity contribution in [3.8, 4) is 5.75 Å². The van der Waals surface area contributed by atoms with Gasteiger partial charge in [0.1, 0.15) is 5.75 Å². The maximum absolute atomic E-state index is 12.4. The molecule has 1 aromatic heterocycles. The van der Waals surface area contributed by atoms with Gasteiger partial charge in [-0.05, 0) is 54.7 Å². The molecule has 3 aromatic rings. The van der Waals surface area contributed by atoms with Crippen LogP contribution in [0.5, 0.6) is 5.75 Å². The van der Waals surface area contributed by atoms with Crippen molar-refractivity contribution in [3.05, 3.63) is 63.9 Å². The van der Waals surface area contributed by atoms with E-state index in [1.807, 2.05) is 32.0 Å². The molecule has 1 heterocycles. The lowest BCUT2D eigenvalue weighted by Crippen LogP contribution is -2.29. The fourth-order valence-corrected chi connectivity index (χ4v) is 4.20. The van der Waals surface area contributed by atoms with Crippen LogP contribution < -0.4 is 15.4 Å². The van der Waals surface area contributed by atoms with Gasteiger partial charge in [-0.3, -0.25) is 9.59 Å². The number of hydrogen-bond acceptors (Lipinski definition) is 6. The summed E-state index contributed by atoms with van der Waals surface area (Å²) in [5.74, 6) is 1.32. The predicted molar refractivity (Wildman–Crippen MR) is 139 cm³/mol. The Labute approximate surface area is 214 Å². The highest BCUT2D eigenvalue weighted by molar-refractivity contribution is 7.99. The molecule has 0 aliphatic heterocycles. The molecule has 0 unspecified atom stereocenters. The van der Waals surface area contributed by atoms with Gasteiger partial charge in [0.15, 0.2) is 17.6 Å². The second-order valence-electron chi connectivity index (χ2n) is 8.47. The first-order valence-electron chi connectivity index (χ1n) is 11.2. The van der Waals surface area contributed by atoms with Crippen molar-refractivity contribution in [2.24, 2.45) is 7.05 Å². The Morgan fingerprint density at radius 1 is 1.14 bits per heavy atom. The van der Waals surface area contributed by atoms with Crippen LogP contribution in [0.1, 0.15) is 42.3 Å². The van der Waals surface area contributed by atoms with Gasteiger partial charge in [0, 0.05) is 17.8 Å². The highest BCUT2D eigenvalue weighted by Crippen LogP contribution is 2.27. The molecule has 0 fully saturated rings. The number of rotatable bonds is 10. The number of aryl methyl sites for hydroxylation is 1. The summed E-state index contributed by atoms with van der Waals surface area (Å²) in [5.41, 5.74) is 3.63. The molecule has 0 aliphatic rings. The Morgan fingerprint density at radius 3 is 2.66 bits per heavy atom. The largest absolute Gasteiger partial charge is 0.483 e. The van der Waals surface area contributed by atoms with Crippen molar-refractivity contribution >= 4 is 40.9 Å². The number of amides is 2. The van der Waals surface area contributed by atoms with E-state index in [2.05, 4.69) is 34.7 Å². The molecular formula is C25H30ClN5O3S. The maximum atomic E-state index is 12.4. The normalized spacial score (nSPS) is 10.9. The molecule has 8 nitrogen and oxygen atoms in total. The van der Waals surface area contributed by atoms with Crippen LogP contribution in [0.15, 0.2) is 41.6 Å². The molecule has 3 rings (SSSR count). The van der Waals surface area contributed by atoms with Crippen LogP contribution in [0, 0.1) is 13.8 Å². The number of benzene rings is 2. The van der Waals surface area contributed by atoms with E-state index in [1.54, 1.807) is 29.8 Å². The molecule has 0 bridgehead atoms. The maximum Gasteiger partial charge on any atom is 0.258 e. The van der Waals surface area contributed by atoms with Crippen LogP contribution in [0.2, 0.25) is 5.02 Å². The number of ether oxygens (including phenoxy) is 1. The summed E-state index contributed by atoms with van der Waals surface area (Å²) >= 11 is 7.37. The third kappa shape index (κ3) is 7.22. The number of hydrogen-bond donors (Lipinski definition) is 2. The van der Waals surface area contributed by atoms with Gasteiger partial charge in [0.05, 0.1) is 12.3 Å². The molecule has 0 radical (unpaired) electrons. The summed E-state index contributed by atoms with van der Waals surface area (Å²) in [4.78, 5) is 24.7. The first-order valence-corrected chi connectivity index (χ1v) is 12.6. The van der Waals surface area contributed by atoms with Crippen LogP contribution in [-0.4, -0.2) is 38.9 Å². The number of halogens is 1. The molecule has 0 aliphatic carbocycles. The molecule has 10 heteroatoms. The van der Waals surface area contributed by atoms with Crippen molar-refractivity contribution < 1.29 is 14.3 Å². The summed E-state index contributed by atoms with van der Waals surface area (Å²) in [6.07, 6.45) is 0. The second kappa shape index (κ2) is 12.1. The van der Waals surface area contributed by atoms with E-state index in [1.165, 1.54) is 11.8 Å². The summed E-state index contributed by atoms with van der Waals surface area (Å²) in [7, 11) is 1.79. The Morgan fingerprint density at radius 2 is 1.91 bits per heavy atom. The Hall–Kier alpha value is -3.04. The Kier molecular flexibility index (Phi) is 9.17. The number of thioether (sulfide) groups is 1. The molecule has 0 saturated carbocycles. The fourth-order valence-electron chi connectivity index (χ4n) is 3.30. The zero-order chi connectivity index (χ0) is 25.5. The van der Waals surface area contributed by atoms with Gasteiger partial charge < -0.3 is 19.9 Å². The van der Waals surface area contributed by atoms with Crippen LogP contribution in [-0.2, 0) is 23.2 Å². The molecule has 2 N–H and O–H groups in total. The van der Waals surface area contributed by atoms with E-state index in [4.69, 9.17) is 16.3 Å². The van der Waals surface area contributed by atoms with Crippen molar-refractivity contribution in [1.29, 1.82) is 0 Å². The summed E-state index contributed by atoms with van der Waals surface area (Å²) < 4.78 is 7.53. The quantitative estimate of drug-likeness (QED) is 0.382. The third-order valence-electron chi connectivity index (χ3n) is 5.39. The lowest BCUT2D eigenvalue weighted by Gasteiger charge is -2.14. The Balaban J connectivity index is 1.49. The van der Waals surface area contributed by atoms with Gasteiger partial charge in [-0.25, -0.2) is 0 Å². The molecule has 0 saturated heterocycles. The lowest BCUT2D eigenvalue weighted by molar-refractivity contribution is -0.123. The SMILES string of the molecule is Cc1ccc(C(C)C)c(OCC(=O)NCc2nnc(SCC(=O)Nc3cccc(Cl)c3C)n2C)c1. The van der Waals surface area contributed by atoms with E-state index < -0.39 is 0 Å². The highest BCUT2D eigenvalue weighted by Gasteiger charge is 2.14. The highest BCUT2D eigenvalue weighted by atomic mass is 35.5. The van der Waals surface area contributed by atoms with Crippen LogP contribution in [0.25, 0.3) is 0 Å². The van der Waals surface area contributed by atoms with Gasteiger partial charge >= 0.3 is 0 Å². The van der Waals surface area contributed by atoms with Crippen LogP contribution >= 0.6 is 23.4 Å². The van der Waals surface area contributed by atoms with Gasteiger partial charge in [0.2, 0.25) is 5.91 Å². The van der Waals surface area contributed by atoms with E-state index in [0.717, 1.165) is 22.4 Å². The zero-order valence-electron chi connectivity index (χ0n) is 20.5. The van der Waals surface area contributed by atoms with Crippen molar-refractivity contribution in [2.75, 3.05) is 17.7 Å². The number of anilines is 1. The van der Waals surface area contributed by atoms with E-state index in [-0.39, 0.29) is 30.7 Å². The monoisotopic (exact) mass is 515 g/mol. The number of nitrogens with one attached hydrogen (secondary N) is 2. The first kappa shape index (κ1) is 26.6. The molecule has 2 aromatic carbocycles. The Bertz CT molecular complexity index is 1210. The van der Waals surface area contributed by atoms with Crippen LogP contribution in [0.4, 0.5) is 5.69 Å². The van der Waals surface area contributed by atoms with E-state index in [9.17, 15) is 9.59 Å². The second-order valence-corrected chi connectivity index (χ2v) is 9.82. The molecule has 0 spiro atoms. The molecule has 2 amide bonds. The fraction of sp³-hybridized carbons (Fsp3) is 0.360. The van der Waals surface area contributed by atoms with Crippen molar-refractivity contribution in [1.82, 2.24) is 20.1 Å². The molecular weight excluding hydrogens is 486 g/mol. The topological polar surface area (TPSA) is 98.1 Å². The minimum absolute atomic E-state index is 0.0915. The van der Waals surface area contributed by atoms with Gasteiger partial charge in [0.25, 0.3) is 5.91 Å². The summed E-state index contributed by atoms with van der Waals surface area (Å²) in [5, 5.41) is 15.1. The molecule has 186 valence electrons. The van der Waals surface area contributed by atoms with Crippen molar-refractivity contribution in [3.63, 3.8) is 0 Å². The van der Waals surface area contributed by atoms with Gasteiger partial charge in [-0.1, -0.05) is 55.4 Å². The van der Waals surface area contributed by atoms with Gasteiger partial charge in [-0.2, -0.15) is 0 Å².